The topological polar surface area (TPSA) is 81.1 Å². The van der Waals surface area contributed by atoms with Crippen LogP contribution in [0.1, 0.15) is 40.0 Å². The fourth-order valence-corrected chi connectivity index (χ4v) is 2.82. The molecule has 1 aliphatic rings. The summed E-state index contributed by atoms with van der Waals surface area (Å²) in [6.07, 6.45) is 0.753. The third-order valence-electron chi connectivity index (χ3n) is 3.83. The second kappa shape index (κ2) is 5.18. The van der Waals surface area contributed by atoms with Gasteiger partial charge in [-0.1, -0.05) is 24.3 Å². The van der Waals surface area contributed by atoms with Gasteiger partial charge >= 0.3 is 0 Å². The third kappa shape index (κ3) is 2.48. The molecule has 108 valence electrons. The SMILES string of the molecule is NC(=O)c1cc(NC2CC(N)c3ccccc32)ccc1F. The number of nitrogens with two attached hydrogens (primary N) is 2. The van der Waals surface area contributed by atoms with Crippen LogP contribution in [0.2, 0.25) is 0 Å². The van der Waals surface area contributed by atoms with Crippen molar-refractivity contribution in [1.82, 2.24) is 0 Å². The number of carbonyl (C=O) groups is 1. The first-order valence-corrected chi connectivity index (χ1v) is 6.76. The summed E-state index contributed by atoms with van der Waals surface area (Å²) >= 11 is 0. The molecule has 0 heterocycles. The van der Waals surface area contributed by atoms with Crippen LogP contribution in [0.3, 0.4) is 0 Å². The Kier molecular flexibility index (Phi) is 3.35. The minimum atomic E-state index is -0.778. The van der Waals surface area contributed by atoms with E-state index in [1.54, 1.807) is 6.07 Å². The van der Waals surface area contributed by atoms with Crippen molar-refractivity contribution in [2.24, 2.45) is 11.5 Å². The summed E-state index contributed by atoms with van der Waals surface area (Å²) in [7, 11) is 0. The zero-order chi connectivity index (χ0) is 15.0. The van der Waals surface area contributed by atoms with E-state index in [1.807, 2.05) is 24.3 Å². The monoisotopic (exact) mass is 285 g/mol. The van der Waals surface area contributed by atoms with Crippen LogP contribution < -0.4 is 16.8 Å². The van der Waals surface area contributed by atoms with Gasteiger partial charge in [-0.2, -0.15) is 0 Å². The van der Waals surface area contributed by atoms with E-state index in [4.69, 9.17) is 11.5 Å². The fraction of sp³-hybridized carbons (Fsp3) is 0.188. The highest BCUT2D eigenvalue weighted by Crippen LogP contribution is 2.39. The van der Waals surface area contributed by atoms with Gasteiger partial charge in [0, 0.05) is 11.7 Å². The number of rotatable bonds is 3. The lowest BCUT2D eigenvalue weighted by atomic mass is 10.1. The second-order valence-corrected chi connectivity index (χ2v) is 5.23. The number of hydrogen-bond donors (Lipinski definition) is 3. The largest absolute Gasteiger partial charge is 0.378 e. The predicted molar refractivity (Wildman–Crippen MR) is 79.3 cm³/mol. The Morgan fingerprint density at radius 2 is 1.90 bits per heavy atom. The average Bonchev–Trinajstić information content (AvgIpc) is 2.78. The molecular weight excluding hydrogens is 269 g/mol. The van der Waals surface area contributed by atoms with E-state index in [0.717, 1.165) is 17.5 Å². The van der Waals surface area contributed by atoms with Crippen molar-refractivity contribution in [2.75, 3.05) is 5.32 Å². The van der Waals surface area contributed by atoms with Crippen molar-refractivity contribution in [3.63, 3.8) is 0 Å². The van der Waals surface area contributed by atoms with Crippen LogP contribution in [-0.4, -0.2) is 5.91 Å². The van der Waals surface area contributed by atoms with Gasteiger partial charge in [-0.15, -0.1) is 0 Å². The van der Waals surface area contributed by atoms with Gasteiger partial charge in [0.15, 0.2) is 0 Å². The molecular formula is C16H16FN3O. The maximum atomic E-state index is 13.5. The molecule has 2 unspecified atom stereocenters. The van der Waals surface area contributed by atoms with Crippen LogP contribution in [-0.2, 0) is 0 Å². The standard InChI is InChI=1S/C16H16FN3O/c17-13-6-5-9(7-12(13)16(19)21)20-15-8-14(18)10-3-1-2-4-11(10)15/h1-7,14-15,20H,8,18H2,(H2,19,21). The molecule has 2 atom stereocenters. The van der Waals surface area contributed by atoms with Crippen molar-refractivity contribution in [3.8, 4) is 0 Å². The lowest BCUT2D eigenvalue weighted by molar-refractivity contribution is 0.0996. The maximum Gasteiger partial charge on any atom is 0.251 e. The molecule has 2 aromatic rings. The van der Waals surface area contributed by atoms with Crippen molar-refractivity contribution in [3.05, 3.63) is 65.0 Å². The number of hydrogen-bond acceptors (Lipinski definition) is 3. The zero-order valence-corrected chi connectivity index (χ0v) is 11.3. The normalized spacial score (nSPS) is 20.1. The number of anilines is 1. The maximum absolute atomic E-state index is 13.5. The van der Waals surface area contributed by atoms with E-state index in [9.17, 15) is 9.18 Å². The zero-order valence-electron chi connectivity index (χ0n) is 11.3. The molecule has 5 heteroatoms. The van der Waals surface area contributed by atoms with Gasteiger partial charge in [-0.3, -0.25) is 4.79 Å². The molecule has 1 aliphatic carbocycles. The Bertz CT molecular complexity index is 702. The van der Waals surface area contributed by atoms with Crippen LogP contribution in [0.5, 0.6) is 0 Å². The Balaban J connectivity index is 1.89. The van der Waals surface area contributed by atoms with E-state index in [1.165, 1.54) is 12.1 Å². The molecule has 0 spiro atoms. The summed E-state index contributed by atoms with van der Waals surface area (Å²) in [4.78, 5) is 11.2. The molecule has 0 saturated carbocycles. The van der Waals surface area contributed by atoms with Crippen molar-refractivity contribution < 1.29 is 9.18 Å². The molecule has 5 N–H and O–H groups in total. The first kappa shape index (κ1) is 13.6. The third-order valence-corrected chi connectivity index (χ3v) is 3.83. The molecule has 0 bridgehead atoms. The van der Waals surface area contributed by atoms with Crippen molar-refractivity contribution >= 4 is 11.6 Å². The number of amides is 1. The highest BCUT2D eigenvalue weighted by Gasteiger charge is 2.28. The number of carbonyl (C=O) groups excluding carboxylic acids is 1. The van der Waals surface area contributed by atoms with Gasteiger partial charge in [-0.25, -0.2) is 4.39 Å². The van der Waals surface area contributed by atoms with E-state index >= 15 is 0 Å². The molecule has 0 aliphatic heterocycles. The van der Waals surface area contributed by atoms with Crippen molar-refractivity contribution in [2.45, 2.75) is 18.5 Å². The summed E-state index contributed by atoms with van der Waals surface area (Å²) in [6, 6.07) is 12.3. The molecule has 0 aromatic heterocycles. The Hall–Kier alpha value is -2.40. The van der Waals surface area contributed by atoms with Crippen LogP contribution >= 0.6 is 0 Å². The second-order valence-electron chi connectivity index (χ2n) is 5.23. The lowest BCUT2D eigenvalue weighted by Gasteiger charge is -2.16. The van der Waals surface area contributed by atoms with E-state index in [2.05, 4.69) is 5.32 Å². The molecule has 0 fully saturated rings. The number of halogens is 1. The Morgan fingerprint density at radius 3 is 2.62 bits per heavy atom. The van der Waals surface area contributed by atoms with Crippen molar-refractivity contribution in [1.29, 1.82) is 0 Å². The molecule has 0 saturated heterocycles. The van der Waals surface area contributed by atoms with Gasteiger partial charge in [-0.05, 0) is 35.7 Å². The van der Waals surface area contributed by atoms with Gasteiger partial charge in [0.1, 0.15) is 5.82 Å². The van der Waals surface area contributed by atoms with Crippen LogP contribution in [0.25, 0.3) is 0 Å². The summed E-state index contributed by atoms with van der Waals surface area (Å²) in [5, 5.41) is 3.30. The molecule has 1 amide bonds. The number of fused-ring (bicyclic) bond motifs is 1. The van der Waals surface area contributed by atoms with Gasteiger partial charge in [0.05, 0.1) is 11.6 Å². The van der Waals surface area contributed by atoms with Crippen LogP contribution in [0, 0.1) is 5.82 Å². The first-order valence-electron chi connectivity index (χ1n) is 6.76. The molecule has 4 nitrogen and oxygen atoms in total. The number of nitrogens with one attached hydrogen (secondary N) is 1. The smallest absolute Gasteiger partial charge is 0.251 e. The minimum absolute atomic E-state index is 0.0187. The Morgan fingerprint density at radius 1 is 1.19 bits per heavy atom. The minimum Gasteiger partial charge on any atom is -0.378 e. The average molecular weight is 285 g/mol. The number of benzene rings is 2. The van der Waals surface area contributed by atoms with Crippen LogP contribution in [0.4, 0.5) is 10.1 Å². The lowest BCUT2D eigenvalue weighted by Crippen LogP contribution is -2.15. The van der Waals surface area contributed by atoms with E-state index in [-0.39, 0.29) is 17.6 Å². The summed E-state index contributed by atoms with van der Waals surface area (Å²) in [5.74, 6) is -1.39. The summed E-state index contributed by atoms with van der Waals surface area (Å²) < 4.78 is 13.5. The van der Waals surface area contributed by atoms with E-state index in [0.29, 0.717) is 5.69 Å². The predicted octanol–water partition coefficient (Wildman–Crippen LogP) is 2.48. The summed E-state index contributed by atoms with van der Waals surface area (Å²) in [5.41, 5.74) is 14.1. The van der Waals surface area contributed by atoms with Gasteiger partial charge < -0.3 is 16.8 Å². The van der Waals surface area contributed by atoms with Crippen LogP contribution in [0.15, 0.2) is 42.5 Å². The molecule has 0 radical (unpaired) electrons. The molecule has 2 aromatic carbocycles. The Labute approximate surface area is 121 Å². The molecule has 21 heavy (non-hydrogen) atoms. The van der Waals surface area contributed by atoms with Gasteiger partial charge in [0.2, 0.25) is 0 Å². The summed E-state index contributed by atoms with van der Waals surface area (Å²) in [6.45, 7) is 0. The highest BCUT2D eigenvalue weighted by molar-refractivity contribution is 5.94. The van der Waals surface area contributed by atoms with E-state index < -0.39 is 11.7 Å². The fourth-order valence-electron chi connectivity index (χ4n) is 2.82. The quantitative estimate of drug-likeness (QED) is 0.810. The highest BCUT2D eigenvalue weighted by atomic mass is 19.1. The first-order chi connectivity index (χ1) is 10.1. The number of primary amides is 1. The molecule has 3 rings (SSSR count). The van der Waals surface area contributed by atoms with Gasteiger partial charge in [0.25, 0.3) is 5.91 Å².